The van der Waals surface area contributed by atoms with Crippen LogP contribution in [0.5, 0.6) is 11.5 Å². The number of methoxy groups -OCH3 is 1. The highest BCUT2D eigenvalue weighted by atomic mass is 16.5. The van der Waals surface area contributed by atoms with E-state index in [4.69, 9.17) is 9.47 Å². The molecule has 1 atom stereocenters. The molecule has 156 valence electrons. The second-order valence-corrected chi connectivity index (χ2v) is 7.31. The largest absolute Gasteiger partial charge is 0.497 e. The summed E-state index contributed by atoms with van der Waals surface area (Å²) in [5.41, 5.74) is 2.07. The maximum Gasteiger partial charge on any atom is 0.261 e. The Morgan fingerprint density at radius 2 is 1.69 bits per heavy atom. The molecule has 0 saturated heterocycles. The predicted molar refractivity (Wildman–Crippen MR) is 113 cm³/mol. The van der Waals surface area contributed by atoms with Gasteiger partial charge in [0.05, 0.1) is 7.11 Å². The lowest BCUT2D eigenvalue weighted by molar-refractivity contribution is -0.142. The number of aryl methyl sites for hydroxylation is 1. The van der Waals surface area contributed by atoms with Gasteiger partial charge in [-0.15, -0.1) is 0 Å². The molecule has 6 nitrogen and oxygen atoms in total. The first-order valence-electron chi connectivity index (χ1n) is 9.72. The summed E-state index contributed by atoms with van der Waals surface area (Å²) < 4.78 is 10.8. The van der Waals surface area contributed by atoms with Crippen LogP contribution in [0.15, 0.2) is 48.5 Å². The zero-order chi connectivity index (χ0) is 21.4. The van der Waals surface area contributed by atoms with Crippen LogP contribution in [0, 0.1) is 6.92 Å². The molecule has 2 aromatic rings. The molecule has 6 heteroatoms. The van der Waals surface area contributed by atoms with E-state index < -0.39 is 6.04 Å². The van der Waals surface area contributed by atoms with Crippen LogP contribution >= 0.6 is 0 Å². The maximum atomic E-state index is 13.0. The lowest BCUT2D eigenvalue weighted by Crippen LogP contribution is -2.50. The minimum Gasteiger partial charge on any atom is -0.497 e. The number of carbonyl (C=O) groups is 2. The fourth-order valence-corrected chi connectivity index (χ4v) is 2.89. The summed E-state index contributed by atoms with van der Waals surface area (Å²) >= 11 is 0. The third kappa shape index (κ3) is 6.82. The van der Waals surface area contributed by atoms with E-state index in [-0.39, 0.29) is 24.5 Å². The van der Waals surface area contributed by atoms with Gasteiger partial charge in [-0.25, -0.2) is 0 Å². The molecule has 0 bridgehead atoms. The molecule has 29 heavy (non-hydrogen) atoms. The fraction of sp³-hybridized carbons (Fsp3) is 0.391. The van der Waals surface area contributed by atoms with E-state index in [1.807, 2.05) is 45.0 Å². The number of rotatable bonds is 9. The Kier molecular flexibility index (Phi) is 8.07. The van der Waals surface area contributed by atoms with Crippen molar-refractivity contribution in [1.29, 1.82) is 0 Å². The first-order chi connectivity index (χ1) is 13.8. The van der Waals surface area contributed by atoms with Crippen LogP contribution in [-0.4, -0.2) is 42.5 Å². The van der Waals surface area contributed by atoms with E-state index in [1.54, 1.807) is 43.2 Å². The number of hydrogen-bond acceptors (Lipinski definition) is 4. The van der Waals surface area contributed by atoms with Crippen molar-refractivity contribution in [3.8, 4) is 11.5 Å². The van der Waals surface area contributed by atoms with Crippen LogP contribution in [0.2, 0.25) is 0 Å². The zero-order valence-electron chi connectivity index (χ0n) is 17.8. The fourth-order valence-electron chi connectivity index (χ4n) is 2.89. The van der Waals surface area contributed by atoms with Crippen molar-refractivity contribution in [3.63, 3.8) is 0 Å². The second-order valence-electron chi connectivity index (χ2n) is 7.31. The van der Waals surface area contributed by atoms with Gasteiger partial charge >= 0.3 is 0 Å². The van der Waals surface area contributed by atoms with Gasteiger partial charge in [0, 0.05) is 12.6 Å². The van der Waals surface area contributed by atoms with Gasteiger partial charge in [-0.1, -0.05) is 29.8 Å². The molecule has 0 aliphatic carbocycles. The Balaban J connectivity index is 2.13. The molecule has 2 rings (SSSR count). The number of benzene rings is 2. The molecule has 0 saturated carbocycles. The highest BCUT2D eigenvalue weighted by Gasteiger charge is 2.26. The maximum absolute atomic E-state index is 13.0. The van der Waals surface area contributed by atoms with Gasteiger partial charge in [-0.05, 0) is 57.5 Å². The van der Waals surface area contributed by atoms with Gasteiger partial charge in [0.1, 0.15) is 17.5 Å². The van der Waals surface area contributed by atoms with Crippen molar-refractivity contribution in [3.05, 3.63) is 59.7 Å². The monoisotopic (exact) mass is 398 g/mol. The highest BCUT2D eigenvalue weighted by Crippen LogP contribution is 2.18. The summed E-state index contributed by atoms with van der Waals surface area (Å²) in [7, 11) is 1.59. The molecule has 0 unspecified atom stereocenters. The lowest BCUT2D eigenvalue weighted by atomic mass is 10.1. The standard InChI is InChI=1S/C23H30N2O4/c1-16(2)24-23(27)18(4)25(14-19-8-6-7-17(3)13-19)22(26)15-29-21-11-9-20(28-5)10-12-21/h6-13,16,18H,14-15H2,1-5H3,(H,24,27)/t18-/m1/s1. The summed E-state index contributed by atoms with van der Waals surface area (Å²) in [4.78, 5) is 27.1. The van der Waals surface area contributed by atoms with Crippen molar-refractivity contribution in [2.45, 2.75) is 46.3 Å². The highest BCUT2D eigenvalue weighted by molar-refractivity contribution is 5.88. The summed E-state index contributed by atoms with van der Waals surface area (Å²) in [6.07, 6.45) is 0. The van der Waals surface area contributed by atoms with Crippen LogP contribution in [0.3, 0.4) is 0 Å². The van der Waals surface area contributed by atoms with Crippen molar-refractivity contribution in [1.82, 2.24) is 10.2 Å². The average Bonchev–Trinajstić information content (AvgIpc) is 2.69. The molecule has 0 heterocycles. The first-order valence-corrected chi connectivity index (χ1v) is 9.72. The Hall–Kier alpha value is -3.02. The Morgan fingerprint density at radius 1 is 1.03 bits per heavy atom. The molecular weight excluding hydrogens is 368 g/mol. The summed E-state index contributed by atoms with van der Waals surface area (Å²) in [6.45, 7) is 7.70. The summed E-state index contributed by atoms with van der Waals surface area (Å²) in [6, 6.07) is 14.3. The first kappa shape index (κ1) is 22.3. The summed E-state index contributed by atoms with van der Waals surface area (Å²) in [5, 5.41) is 2.87. The molecule has 0 radical (unpaired) electrons. The van der Waals surface area contributed by atoms with E-state index in [0.717, 1.165) is 11.1 Å². The number of carbonyl (C=O) groups excluding carboxylic acids is 2. The van der Waals surface area contributed by atoms with Gasteiger partial charge in [0.2, 0.25) is 5.91 Å². The topological polar surface area (TPSA) is 67.9 Å². The molecule has 0 aromatic heterocycles. The molecule has 0 aliphatic rings. The van der Waals surface area contributed by atoms with Gasteiger partial charge in [0.25, 0.3) is 5.91 Å². The second kappa shape index (κ2) is 10.5. The average molecular weight is 399 g/mol. The number of ether oxygens (including phenoxy) is 2. The molecule has 2 aromatic carbocycles. The third-order valence-corrected chi connectivity index (χ3v) is 4.46. The van der Waals surface area contributed by atoms with Crippen LogP contribution < -0.4 is 14.8 Å². The molecule has 0 spiro atoms. The van der Waals surface area contributed by atoms with Crippen LogP contribution in [0.4, 0.5) is 0 Å². The molecule has 2 amide bonds. The number of nitrogens with one attached hydrogen (secondary N) is 1. The lowest BCUT2D eigenvalue weighted by Gasteiger charge is -2.29. The van der Waals surface area contributed by atoms with E-state index in [0.29, 0.717) is 18.0 Å². The molecule has 0 fully saturated rings. The quantitative estimate of drug-likeness (QED) is 0.704. The minimum atomic E-state index is -0.620. The van der Waals surface area contributed by atoms with Gasteiger partial charge < -0.3 is 19.7 Å². The van der Waals surface area contributed by atoms with Crippen molar-refractivity contribution in [2.75, 3.05) is 13.7 Å². The SMILES string of the molecule is COc1ccc(OCC(=O)N(Cc2cccc(C)c2)[C@H](C)C(=O)NC(C)C)cc1. The van der Waals surface area contributed by atoms with Gasteiger partial charge in [-0.2, -0.15) is 0 Å². The third-order valence-electron chi connectivity index (χ3n) is 4.46. The van der Waals surface area contributed by atoms with E-state index in [1.165, 1.54) is 0 Å². The van der Waals surface area contributed by atoms with Crippen LogP contribution in [-0.2, 0) is 16.1 Å². The Labute approximate surface area is 172 Å². The van der Waals surface area contributed by atoms with Gasteiger partial charge in [-0.3, -0.25) is 9.59 Å². The normalized spacial score (nSPS) is 11.7. The van der Waals surface area contributed by atoms with E-state index in [9.17, 15) is 9.59 Å². The number of amides is 2. The molecule has 1 N–H and O–H groups in total. The van der Waals surface area contributed by atoms with Crippen molar-refractivity contribution in [2.24, 2.45) is 0 Å². The Bertz CT molecular complexity index is 818. The zero-order valence-corrected chi connectivity index (χ0v) is 17.8. The minimum absolute atomic E-state index is 0.00331. The van der Waals surface area contributed by atoms with E-state index in [2.05, 4.69) is 5.32 Å². The number of hydrogen-bond donors (Lipinski definition) is 1. The van der Waals surface area contributed by atoms with Gasteiger partial charge in [0.15, 0.2) is 6.61 Å². The van der Waals surface area contributed by atoms with Crippen LogP contribution in [0.25, 0.3) is 0 Å². The van der Waals surface area contributed by atoms with E-state index >= 15 is 0 Å². The summed E-state index contributed by atoms with van der Waals surface area (Å²) in [5.74, 6) is 0.830. The van der Waals surface area contributed by atoms with Crippen LogP contribution in [0.1, 0.15) is 31.9 Å². The molecule has 0 aliphatic heterocycles. The van der Waals surface area contributed by atoms with Crippen molar-refractivity contribution >= 4 is 11.8 Å². The van der Waals surface area contributed by atoms with Crippen molar-refractivity contribution < 1.29 is 19.1 Å². The number of nitrogens with zero attached hydrogens (tertiary/aromatic N) is 1. The molecular formula is C23H30N2O4. The predicted octanol–water partition coefficient (Wildman–Crippen LogP) is 3.32. The smallest absolute Gasteiger partial charge is 0.261 e. The Morgan fingerprint density at radius 3 is 2.28 bits per heavy atom.